The average Bonchev–Trinajstić information content (AvgIpc) is 2.90. The first kappa shape index (κ1) is 13.7. The third kappa shape index (κ3) is 2.62. The molecule has 1 atom stereocenters. The number of fused-ring (bicyclic) bond motifs is 1. The number of rotatable bonds is 2. The lowest BCUT2D eigenvalue weighted by atomic mass is 9.90. The maximum absolute atomic E-state index is 12.3. The van der Waals surface area contributed by atoms with E-state index in [1.54, 1.807) is 22.7 Å². The first-order valence-corrected chi connectivity index (χ1v) is 8.36. The first-order valence-electron chi connectivity index (χ1n) is 6.73. The maximum atomic E-state index is 12.3. The summed E-state index contributed by atoms with van der Waals surface area (Å²) >= 11 is 3.26. The zero-order valence-electron chi connectivity index (χ0n) is 11.8. The molecule has 2 heterocycles. The van der Waals surface area contributed by atoms with Gasteiger partial charge in [0.1, 0.15) is 0 Å². The van der Waals surface area contributed by atoms with Crippen LogP contribution in [0.3, 0.4) is 0 Å². The quantitative estimate of drug-likeness (QED) is 0.926. The fourth-order valence-electron chi connectivity index (χ4n) is 2.46. The number of anilines is 1. The Labute approximate surface area is 126 Å². The third-order valence-corrected chi connectivity index (χ3v) is 5.70. The van der Waals surface area contributed by atoms with E-state index >= 15 is 0 Å². The van der Waals surface area contributed by atoms with Crippen LogP contribution in [0.4, 0.5) is 5.13 Å². The highest BCUT2D eigenvalue weighted by Crippen LogP contribution is 2.31. The minimum Gasteiger partial charge on any atom is -0.302 e. The predicted molar refractivity (Wildman–Crippen MR) is 82.6 cm³/mol. The molecule has 0 fully saturated rings. The zero-order chi connectivity index (χ0) is 14.3. The van der Waals surface area contributed by atoms with E-state index < -0.39 is 0 Å². The fourth-order valence-corrected chi connectivity index (χ4v) is 4.34. The molecule has 0 saturated heterocycles. The van der Waals surface area contributed by atoms with E-state index in [1.807, 2.05) is 20.8 Å². The van der Waals surface area contributed by atoms with Crippen molar-refractivity contribution in [2.45, 2.75) is 40.0 Å². The monoisotopic (exact) mass is 307 g/mol. The highest BCUT2D eigenvalue weighted by atomic mass is 32.1. The summed E-state index contributed by atoms with van der Waals surface area (Å²) in [6.07, 6.45) is 2.61. The molecular weight excluding hydrogens is 290 g/mol. The Balaban J connectivity index is 1.69. The topological polar surface area (TPSA) is 54.9 Å². The van der Waals surface area contributed by atoms with Crippen molar-refractivity contribution in [3.05, 3.63) is 26.1 Å². The summed E-state index contributed by atoms with van der Waals surface area (Å²) in [4.78, 5) is 23.7. The van der Waals surface area contributed by atoms with Crippen molar-refractivity contribution < 1.29 is 4.79 Å². The van der Waals surface area contributed by atoms with Gasteiger partial charge in [0.05, 0.1) is 16.4 Å². The Bertz CT molecular complexity index is 640. The average molecular weight is 307 g/mol. The Morgan fingerprint density at radius 1 is 1.25 bits per heavy atom. The molecule has 2 aromatic rings. The van der Waals surface area contributed by atoms with E-state index in [0.717, 1.165) is 40.0 Å². The van der Waals surface area contributed by atoms with Crippen LogP contribution in [0.5, 0.6) is 0 Å². The zero-order valence-corrected chi connectivity index (χ0v) is 13.5. The second-order valence-corrected chi connectivity index (χ2v) is 7.68. The van der Waals surface area contributed by atoms with E-state index in [2.05, 4.69) is 15.3 Å². The molecule has 0 aromatic carbocycles. The third-order valence-electron chi connectivity index (χ3n) is 3.68. The number of hydrogen-bond donors (Lipinski definition) is 1. The molecule has 6 heteroatoms. The first-order chi connectivity index (χ1) is 9.52. The fraction of sp³-hybridized carbons (Fsp3) is 0.500. The molecule has 1 unspecified atom stereocenters. The molecule has 4 nitrogen and oxygen atoms in total. The Morgan fingerprint density at radius 3 is 2.75 bits per heavy atom. The molecule has 0 spiro atoms. The largest absolute Gasteiger partial charge is 0.302 e. The van der Waals surface area contributed by atoms with Gasteiger partial charge < -0.3 is 5.32 Å². The van der Waals surface area contributed by atoms with Crippen LogP contribution in [0.2, 0.25) is 0 Å². The van der Waals surface area contributed by atoms with Crippen molar-refractivity contribution in [1.29, 1.82) is 0 Å². The minimum absolute atomic E-state index is 0.0480. The second-order valence-electron chi connectivity index (χ2n) is 5.19. The van der Waals surface area contributed by atoms with Gasteiger partial charge in [0.2, 0.25) is 5.91 Å². The molecule has 1 N–H and O–H groups in total. The number of nitrogens with zero attached hydrogens (tertiary/aromatic N) is 2. The van der Waals surface area contributed by atoms with E-state index in [9.17, 15) is 4.79 Å². The van der Waals surface area contributed by atoms with Crippen molar-refractivity contribution in [1.82, 2.24) is 9.97 Å². The lowest BCUT2D eigenvalue weighted by molar-refractivity contribution is -0.120. The Morgan fingerprint density at radius 2 is 2.05 bits per heavy atom. The molecule has 0 saturated carbocycles. The van der Waals surface area contributed by atoms with Crippen LogP contribution < -0.4 is 5.32 Å². The summed E-state index contributed by atoms with van der Waals surface area (Å²) in [7, 11) is 0. The van der Waals surface area contributed by atoms with Crippen molar-refractivity contribution in [3.63, 3.8) is 0 Å². The molecule has 0 bridgehead atoms. The summed E-state index contributed by atoms with van der Waals surface area (Å²) in [6.45, 7) is 6.02. The van der Waals surface area contributed by atoms with Crippen LogP contribution in [0.1, 0.15) is 32.6 Å². The van der Waals surface area contributed by atoms with Crippen molar-refractivity contribution in [2.24, 2.45) is 5.92 Å². The highest BCUT2D eigenvalue weighted by molar-refractivity contribution is 7.15. The van der Waals surface area contributed by atoms with E-state index in [1.165, 1.54) is 10.6 Å². The van der Waals surface area contributed by atoms with Gasteiger partial charge in [0.25, 0.3) is 0 Å². The smallest absolute Gasteiger partial charge is 0.229 e. The van der Waals surface area contributed by atoms with Crippen LogP contribution in [0.25, 0.3) is 0 Å². The predicted octanol–water partition coefficient (Wildman–Crippen LogP) is 3.27. The van der Waals surface area contributed by atoms with Crippen LogP contribution in [0.15, 0.2) is 0 Å². The number of aryl methyl sites for hydroxylation is 4. The van der Waals surface area contributed by atoms with Gasteiger partial charge in [-0.1, -0.05) is 0 Å². The molecular formula is C14H17N3OS2. The van der Waals surface area contributed by atoms with Gasteiger partial charge in [0, 0.05) is 15.7 Å². The number of aromatic nitrogens is 2. The molecule has 106 valence electrons. The maximum Gasteiger partial charge on any atom is 0.229 e. The standard InChI is InChI=1S/C14H17N3OS2/c1-7-8(2)19-14(15-7)17-13(18)10-4-5-11-12(6-10)20-9(3)16-11/h10H,4-6H2,1-3H3,(H,15,17,18). The number of hydrogen-bond acceptors (Lipinski definition) is 5. The molecule has 20 heavy (non-hydrogen) atoms. The Hall–Kier alpha value is -1.27. The van der Waals surface area contributed by atoms with Gasteiger partial charge >= 0.3 is 0 Å². The van der Waals surface area contributed by atoms with Gasteiger partial charge in [-0.2, -0.15) is 0 Å². The summed E-state index contributed by atoms with van der Waals surface area (Å²) < 4.78 is 0. The lowest BCUT2D eigenvalue weighted by Gasteiger charge is -2.19. The van der Waals surface area contributed by atoms with Gasteiger partial charge in [-0.05, 0) is 40.0 Å². The Kier molecular flexibility index (Phi) is 3.60. The summed E-state index contributed by atoms with van der Waals surface area (Å²) in [6, 6.07) is 0. The number of carbonyl (C=O) groups excluding carboxylic acids is 1. The molecule has 2 aromatic heterocycles. The highest BCUT2D eigenvalue weighted by Gasteiger charge is 2.27. The molecule has 1 aliphatic carbocycles. The van der Waals surface area contributed by atoms with E-state index in [4.69, 9.17) is 0 Å². The number of nitrogens with one attached hydrogen (secondary N) is 1. The van der Waals surface area contributed by atoms with Crippen LogP contribution >= 0.6 is 22.7 Å². The molecule has 1 aliphatic rings. The molecule has 0 radical (unpaired) electrons. The van der Waals surface area contributed by atoms with Crippen molar-refractivity contribution in [2.75, 3.05) is 5.32 Å². The van der Waals surface area contributed by atoms with E-state index in [-0.39, 0.29) is 11.8 Å². The molecule has 3 rings (SSSR count). The minimum atomic E-state index is 0.0480. The number of amides is 1. The number of thiazole rings is 2. The lowest BCUT2D eigenvalue weighted by Crippen LogP contribution is -2.27. The summed E-state index contributed by atoms with van der Waals surface area (Å²) in [5.74, 6) is 0.141. The molecule has 0 aliphatic heterocycles. The van der Waals surface area contributed by atoms with Crippen LogP contribution in [-0.4, -0.2) is 15.9 Å². The summed E-state index contributed by atoms with van der Waals surface area (Å²) in [5.41, 5.74) is 2.19. The molecule has 1 amide bonds. The van der Waals surface area contributed by atoms with Crippen LogP contribution in [-0.2, 0) is 17.6 Å². The van der Waals surface area contributed by atoms with Crippen molar-refractivity contribution >= 4 is 33.7 Å². The van der Waals surface area contributed by atoms with Gasteiger partial charge in [-0.25, -0.2) is 9.97 Å². The van der Waals surface area contributed by atoms with Gasteiger partial charge in [-0.3, -0.25) is 4.79 Å². The van der Waals surface area contributed by atoms with Gasteiger partial charge in [0.15, 0.2) is 5.13 Å². The normalized spacial score (nSPS) is 17.9. The van der Waals surface area contributed by atoms with Crippen molar-refractivity contribution in [3.8, 4) is 0 Å². The van der Waals surface area contributed by atoms with Gasteiger partial charge in [-0.15, -0.1) is 22.7 Å². The van der Waals surface area contributed by atoms with E-state index in [0.29, 0.717) is 0 Å². The summed E-state index contributed by atoms with van der Waals surface area (Å²) in [5, 5.41) is 4.78. The van der Waals surface area contributed by atoms with Crippen LogP contribution in [0, 0.1) is 26.7 Å². The SMILES string of the molecule is Cc1nc2c(s1)CC(C(=O)Nc1nc(C)c(C)s1)CC2. The second kappa shape index (κ2) is 5.26. The number of carbonyl (C=O) groups is 1.